The number of aryl methyl sites for hydroxylation is 1. The molecule has 0 spiro atoms. The molecule has 0 aliphatic carbocycles. The molecule has 1 unspecified atom stereocenters. The normalized spacial score (nSPS) is 14.5. The maximum atomic E-state index is 13.8. The fraction of sp³-hybridized carbons (Fsp3) is 0.308. The van der Waals surface area contributed by atoms with E-state index in [4.69, 9.17) is 0 Å². The number of nitrogens with zero attached hydrogens (tertiary/aromatic N) is 2. The Labute approximate surface area is 113 Å². The molecule has 0 saturated carbocycles. The van der Waals surface area contributed by atoms with Crippen molar-refractivity contribution in [2.24, 2.45) is 0 Å². The molecule has 0 aliphatic heterocycles. The van der Waals surface area contributed by atoms with E-state index in [1.165, 1.54) is 6.07 Å². The zero-order valence-electron chi connectivity index (χ0n) is 10.2. The first-order valence-corrected chi connectivity index (χ1v) is 6.47. The number of benzene rings is 1. The van der Waals surface area contributed by atoms with Crippen LogP contribution in [0.3, 0.4) is 0 Å². The third kappa shape index (κ3) is 2.08. The smallest absolute Gasteiger partial charge is 0.132 e. The standard InChI is InChI=1S/C13H14BrFN2O/c1-3-17-12(10(14)8-16-17)13(2,18)9-6-4-5-7-11(9)15/h4-8,18H,3H2,1-2H3. The maximum Gasteiger partial charge on any atom is 0.132 e. The van der Waals surface area contributed by atoms with Gasteiger partial charge in [-0.2, -0.15) is 5.10 Å². The first-order chi connectivity index (χ1) is 8.48. The molecule has 0 fully saturated rings. The Bertz CT molecular complexity index is 566. The lowest BCUT2D eigenvalue weighted by atomic mass is 9.92. The van der Waals surface area contributed by atoms with Crippen LogP contribution in [0.2, 0.25) is 0 Å². The van der Waals surface area contributed by atoms with Gasteiger partial charge in [0.25, 0.3) is 0 Å². The highest BCUT2D eigenvalue weighted by molar-refractivity contribution is 9.10. The van der Waals surface area contributed by atoms with Crippen LogP contribution in [0.25, 0.3) is 0 Å². The van der Waals surface area contributed by atoms with E-state index in [0.29, 0.717) is 16.7 Å². The molecule has 96 valence electrons. The lowest BCUT2D eigenvalue weighted by Crippen LogP contribution is -2.28. The molecule has 5 heteroatoms. The summed E-state index contributed by atoms with van der Waals surface area (Å²) in [5, 5.41) is 14.8. The molecule has 1 aromatic heterocycles. The highest BCUT2D eigenvalue weighted by Crippen LogP contribution is 2.35. The lowest BCUT2D eigenvalue weighted by molar-refractivity contribution is 0.0869. The molecule has 2 aromatic rings. The van der Waals surface area contributed by atoms with Crippen LogP contribution in [0.1, 0.15) is 25.1 Å². The van der Waals surface area contributed by atoms with Gasteiger partial charge in [0.15, 0.2) is 0 Å². The van der Waals surface area contributed by atoms with Crippen LogP contribution in [0.5, 0.6) is 0 Å². The van der Waals surface area contributed by atoms with Crippen LogP contribution in [-0.2, 0) is 12.1 Å². The second kappa shape index (κ2) is 4.82. The van der Waals surface area contributed by atoms with Crippen molar-refractivity contribution in [3.8, 4) is 0 Å². The molecule has 0 radical (unpaired) electrons. The van der Waals surface area contributed by atoms with E-state index in [1.807, 2.05) is 6.92 Å². The SMILES string of the molecule is CCn1ncc(Br)c1C(C)(O)c1ccccc1F. The molecule has 1 N–H and O–H groups in total. The predicted octanol–water partition coefficient (Wildman–Crippen LogP) is 3.06. The second-order valence-electron chi connectivity index (χ2n) is 4.21. The van der Waals surface area contributed by atoms with Gasteiger partial charge in [0.1, 0.15) is 11.4 Å². The van der Waals surface area contributed by atoms with Gasteiger partial charge in [0, 0.05) is 12.1 Å². The summed E-state index contributed by atoms with van der Waals surface area (Å²) in [6, 6.07) is 6.22. The summed E-state index contributed by atoms with van der Waals surface area (Å²) in [5.41, 5.74) is -0.646. The molecule has 1 atom stereocenters. The van der Waals surface area contributed by atoms with Crippen LogP contribution in [0, 0.1) is 5.82 Å². The van der Waals surface area contributed by atoms with E-state index in [2.05, 4.69) is 21.0 Å². The molecular formula is C13H14BrFN2O. The molecule has 0 aliphatic rings. The van der Waals surface area contributed by atoms with Crippen molar-refractivity contribution in [2.45, 2.75) is 26.0 Å². The molecule has 0 saturated heterocycles. The maximum absolute atomic E-state index is 13.8. The molecule has 0 amide bonds. The van der Waals surface area contributed by atoms with E-state index in [0.717, 1.165) is 0 Å². The van der Waals surface area contributed by atoms with Gasteiger partial charge in [0.05, 0.1) is 16.4 Å². The van der Waals surface area contributed by atoms with E-state index < -0.39 is 11.4 Å². The lowest BCUT2D eigenvalue weighted by Gasteiger charge is -2.25. The topological polar surface area (TPSA) is 38.0 Å². The van der Waals surface area contributed by atoms with Crippen molar-refractivity contribution >= 4 is 15.9 Å². The number of rotatable bonds is 3. The fourth-order valence-electron chi connectivity index (χ4n) is 2.07. The minimum absolute atomic E-state index is 0.237. The van der Waals surface area contributed by atoms with Crippen LogP contribution in [0.4, 0.5) is 4.39 Å². The number of aromatic nitrogens is 2. The Hall–Kier alpha value is -1.20. The van der Waals surface area contributed by atoms with Gasteiger partial charge in [0.2, 0.25) is 0 Å². The van der Waals surface area contributed by atoms with Crippen molar-refractivity contribution < 1.29 is 9.50 Å². The monoisotopic (exact) mass is 312 g/mol. The highest BCUT2D eigenvalue weighted by atomic mass is 79.9. The third-order valence-electron chi connectivity index (χ3n) is 2.95. The summed E-state index contributed by atoms with van der Waals surface area (Å²) in [6.45, 7) is 4.09. The summed E-state index contributed by atoms with van der Waals surface area (Å²) < 4.78 is 16.2. The summed E-state index contributed by atoms with van der Waals surface area (Å²) in [7, 11) is 0. The van der Waals surface area contributed by atoms with Gasteiger partial charge in [-0.1, -0.05) is 18.2 Å². The fourth-order valence-corrected chi connectivity index (χ4v) is 2.75. The average Bonchev–Trinajstić information content (AvgIpc) is 2.71. The molecule has 2 rings (SSSR count). The Balaban J connectivity index is 2.61. The van der Waals surface area contributed by atoms with Crippen molar-refractivity contribution in [3.63, 3.8) is 0 Å². The summed E-state index contributed by atoms with van der Waals surface area (Å²) in [6.07, 6.45) is 1.61. The van der Waals surface area contributed by atoms with Crippen LogP contribution >= 0.6 is 15.9 Å². The van der Waals surface area contributed by atoms with Crippen molar-refractivity contribution in [1.82, 2.24) is 9.78 Å². The summed E-state index contributed by atoms with van der Waals surface area (Å²) in [5.74, 6) is -0.432. The molecule has 3 nitrogen and oxygen atoms in total. The van der Waals surface area contributed by atoms with Gasteiger partial charge in [-0.3, -0.25) is 4.68 Å². The quantitative estimate of drug-likeness (QED) is 0.946. The van der Waals surface area contributed by atoms with Gasteiger partial charge in [-0.15, -0.1) is 0 Å². The van der Waals surface area contributed by atoms with Crippen molar-refractivity contribution in [3.05, 3.63) is 52.0 Å². The Morgan fingerprint density at radius 2 is 2.11 bits per heavy atom. The minimum Gasteiger partial charge on any atom is -0.379 e. The first-order valence-electron chi connectivity index (χ1n) is 5.67. The largest absolute Gasteiger partial charge is 0.379 e. The van der Waals surface area contributed by atoms with E-state index in [1.54, 1.807) is 36.0 Å². The molecule has 18 heavy (non-hydrogen) atoms. The summed E-state index contributed by atoms with van der Waals surface area (Å²) >= 11 is 3.35. The van der Waals surface area contributed by atoms with E-state index in [9.17, 15) is 9.50 Å². The predicted molar refractivity (Wildman–Crippen MR) is 70.7 cm³/mol. The third-order valence-corrected chi connectivity index (χ3v) is 3.53. The van der Waals surface area contributed by atoms with Crippen LogP contribution < -0.4 is 0 Å². The number of hydrogen-bond donors (Lipinski definition) is 1. The van der Waals surface area contributed by atoms with Gasteiger partial charge in [-0.05, 0) is 35.8 Å². The van der Waals surface area contributed by atoms with Gasteiger partial charge in [-0.25, -0.2) is 4.39 Å². The number of hydrogen-bond acceptors (Lipinski definition) is 2. The Kier molecular flexibility index (Phi) is 3.54. The minimum atomic E-state index is -1.43. The zero-order chi connectivity index (χ0) is 13.3. The Morgan fingerprint density at radius 1 is 1.44 bits per heavy atom. The van der Waals surface area contributed by atoms with Crippen molar-refractivity contribution in [2.75, 3.05) is 0 Å². The number of halogens is 2. The van der Waals surface area contributed by atoms with Crippen LogP contribution in [-0.4, -0.2) is 14.9 Å². The summed E-state index contributed by atoms with van der Waals surface area (Å²) in [4.78, 5) is 0. The molecule has 1 heterocycles. The van der Waals surface area contributed by atoms with E-state index in [-0.39, 0.29) is 5.56 Å². The highest BCUT2D eigenvalue weighted by Gasteiger charge is 2.34. The van der Waals surface area contributed by atoms with Crippen molar-refractivity contribution in [1.29, 1.82) is 0 Å². The van der Waals surface area contributed by atoms with E-state index >= 15 is 0 Å². The average molecular weight is 313 g/mol. The van der Waals surface area contributed by atoms with Gasteiger partial charge >= 0.3 is 0 Å². The second-order valence-corrected chi connectivity index (χ2v) is 5.06. The Morgan fingerprint density at radius 3 is 2.72 bits per heavy atom. The molecule has 0 bridgehead atoms. The van der Waals surface area contributed by atoms with Crippen LogP contribution in [0.15, 0.2) is 34.9 Å². The molecule has 1 aromatic carbocycles. The van der Waals surface area contributed by atoms with Gasteiger partial charge < -0.3 is 5.11 Å². The first kappa shape index (κ1) is 13.2. The molecular weight excluding hydrogens is 299 g/mol. The zero-order valence-corrected chi connectivity index (χ0v) is 11.8. The number of aliphatic hydroxyl groups is 1.